The van der Waals surface area contributed by atoms with Gasteiger partial charge in [-0.1, -0.05) is 11.3 Å². The van der Waals surface area contributed by atoms with E-state index in [1.54, 1.807) is 18.5 Å². The minimum Gasteiger partial charge on any atom is -0.340 e. The highest BCUT2D eigenvalue weighted by Crippen LogP contribution is 2.19. The lowest BCUT2D eigenvalue weighted by Crippen LogP contribution is -2.07. The van der Waals surface area contributed by atoms with Crippen molar-refractivity contribution in [2.45, 2.75) is 0 Å². The van der Waals surface area contributed by atoms with E-state index in [4.69, 9.17) is 5.84 Å². The van der Waals surface area contributed by atoms with E-state index < -0.39 is 0 Å². The van der Waals surface area contributed by atoms with Crippen LogP contribution >= 0.6 is 11.3 Å². The van der Waals surface area contributed by atoms with Crippen molar-refractivity contribution in [1.29, 1.82) is 0 Å². The maximum absolute atomic E-state index is 10.8. The molecule has 56 valence electrons. The van der Waals surface area contributed by atoms with Crippen LogP contribution in [0.5, 0.6) is 0 Å². The summed E-state index contributed by atoms with van der Waals surface area (Å²) in [6, 6.07) is 1.72. The fourth-order valence-electron chi connectivity index (χ4n) is 0.870. The molecule has 0 saturated carbocycles. The van der Waals surface area contributed by atoms with Gasteiger partial charge in [-0.25, -0.2) is 0 Å². The van der Waals surface area contributed by atoms with Crippen molar-refractivity contribution in [1.82, 2.24) is 9.66 Å². The topological polar surface area (TPSA) is 60.9 Å². The molecule has 0 bridgehead atoms. The van der Waals surface area contributed by atoms with Crippen LogP contribution in [0.25, 0.3) is 10.6 Å². The molecule has 0 fully saturated rings. The Kier molecular flexibility index (Phi) is 1.19. The van der Waals surface area contributed by atoms with Crippen LogP contribution in [0.1, 0.15) is 0 Å². The van der Waals surface area contributed by atoms with Gasteiger partial charge in [0, 0.05) is 12.4 Å². The smallest absolute Gasteiger partial charge is 0.327 e. The van der Waals surface area contributed by atoms with Gasteiger partial charge in [0.2, 0.25) is 0 Å². The largest absolute Gasteiger partial charge is 0.340 e. The molecule has 4 nitrogen and oxygen atoms in total. The van der Waals surface area contributed by atoms with Crippen LogP contribution < -0.4 is 10.7 Å². The molecule has 0 aromatic carbocycles. The van der Waals surface area contributed by atoms with Gasteiger partial charge in [-0.2, -0.15) is 4.98 Å². The predicted molar refractivity (Wildman–Crippen MR) is 43.1 cm³/mol. The highest BCUT2D eigenvalue weighted by molar-refractivity contribution is 7.13. The van der Waals surface area contributed by atoms with Gasteiger partial charge in [0.25, 0.3) is 0 Å². The van der Waals surface area contributed by atoms with Crippen LogP contribution in [0.4, 0.5) is 0 Å². The summed E-state index contributed by atoms with van der Waals surface area (Å²) in [5.74, 6) is 5.43. The average molecular weight is 167 g/mol. The van der Waals surface area contributed by atoms with Gasteiger partial charge < -0.3 is 5.84 Å². The van der Waals surface area contributed by atoms with Gasteiger partial charge in [0.05, 0.1) is 10.6 Å². The third-order valence-corrected chi connectivity index (χ3v) is 2.13. The summed E-state index contributed by atoms with van der Waals surface area (Å²) >= 11 is 1.10. The van der Waals surface area contributed by atoms with Crippen molar-refractivity contribution in [2.75, 3.05) is 5.84 Å². The maximum atomic E-state index is 10.8. The second-order valence-electron chi connectivity index (χ2n) is 2.12. The average Bonchev–Trinajstić information content (AvgIpc) is 2.27. The second-order valence-corrected chi connectivity index (χ2v) is 3.11. The van der Waals surface area contributed by atoms with E-state index in [-0.39, 0.29) is 4.87 Å². The fraction of sp³-hybridized carbons (Fsp3) is 0. The summed E-state index contributed by atoms with van der Waals surface area (Å²) in [6.07, 6.45) is 3.33. The maximum Gasteiger partial charge on any atom is 0.327 e. The Morgan fingerprint density at radius 1 is 1.64 bits per heavy atom. The zero-order chi connectivity index (χ0) is 7.84. The van der Waals surface area contributed by atoms with Crippen molar-refractivity contribution in [3.8, 4) is 10.6 Å². The molecule has 2 aliphatic rings. The third-order valence-electron chi connectivity index (χ3n) is 1.33. The van der Waals surface area contributed by atoms with E-state index in [0.29, 0.717) is 5.69 Å². The molecular formula is C6H5N3OS. The number of nitrogens with two attached hydrogens (primary N) is 1. The number of thiazole rings is 1. The summed E-state index contributed by atoms with van der Waals surface area (Å²) in [5, 5.41) is 0. The molecule has 0 saturated heterocycles. The molecule has 0 spiro atoms. The van der Waals surface area contributed by atoms with Crippen LogP contribution in [0.2, 0.25) is 0 Å². The quantitative estimate of drug-likeness (QED) is 0.567. The molecule has 0 aromatic rings. The Labute approximate surface area is 66.2 Å². The number of nitrogen functional groups attached to an aromatic ring is 1. The van der Waals surface area contributed by atoms with E-state index >= 15 is 0 Å². The SMILES string of the molecule is Nn1ccc2nc(=O)sc-2c1. The van der Waals surface area contributed by atoms with Gasteiger partial charge in [-0.05, 0) is 6.07 Å². The molecule has 0 unspecified atom stereocenters. The summed E-state index contributed by atoms with van der Waals surface area (Å²) < 4.78 is 1.40. The molecule has 0 radical (unpaired) electrons. The van der Waals surface area contributed by atoms with E-state index in [0.717, 1.165) is 16.2 Å². The highest BCUT2D eigenvalue weighted by atomic mass is 32.1. The summed E-state index contributed by atoms with van der Waals surface area (Å²) in [6.45, 7) is 0. The number of aromatic nitrogens is 2. The van der Waals surface area contributed by atoms with Crippen LogP contribution in [0.15, 0.2) is 23.3 Å². The molecule has 5 heteroatoms. The molecule has 2 aliphatic heterocycles. The molecule has 0 amide bonds. The zero-order valence-electron chi connectivity index (χ0n) is 5.52. The third kappa shape index (κ3) is 0.988. The Morgan fingerprint density at radius 3 is 3.27 bits per heavy atom. The van der Waals surface area contributed by atoms with E-state index in [9.17, 15) is 4.79 Å². The summed E-state index contributed by atoms with van der Waals surface area (Å²) in [7, 11) is 0. The van der Waals surface area contributed by atoms with Crippen molar-refractivity contribution in [2.24, 2.45) is 0 Å². The lowest BCUT2D eigenvalue weighted by Gasteiger charge is -1.98. The first-order valence-electron chi connectivity index (χ1n) is 2.99. The first-order valence-corrected chi connectivity index (χ1v) is 3.81. The summed E-state index contributed by atoms with van der Waals surface area (Å²) in [5.41, 5.74) is 0.710. The number of pyridine rings is 1. The minimum atomic E-state index is -0.175. The normalized spacial score (nSPS) is 10.5. The lowest BCUT2D eigenvalue weighted by atomic mass is 10.3. The number of hydrogen-bond acceptors (Lipinski definition) is 4. The summed E-state index contributed by atoms with van der Waals surface area (Å²) in [4.78, 5) is 15.2. The lowest BCUT2D eigenvalue weighted by molar-refractivity contribution is 0.990. The van der Waals surface area contributed by atoms with Gasteiger partial charge in [0.1, 0.15) is 0 Å². The number of fused-ring (bicyclic) bond motifs is 1. The number of nitrogens with zero attached hydrogens (tertiary/aromatic N) is 2. The van der Waals surface area contributed by atoms with Crippen molar-refractivity contribution in [3.05, 3.63) is 28.1 Å². The molecular weight excluding hydrogens is 162 g/mol. The molecule has 0 atom stereocenters. The molecule has 0 aliphatic carbocycles. The molecule has 11 heavy (non-hydrogen) atoms. The van der Waals surface area contributed by atoms with Gasteiger partial charge in [0.15, 0.2) is 0 Å². The minimum absolute atomic E-state index is 0.175. The monoisotopic (exact) mass is 167 g/mol. The van der Waals surface area contributed by atoms with Gasteiger partial charge in [-0.3, -0.25) is 9.47 Å². The van der Waals surface area contributed by atoms with Crippen LogP contribution in [-0.2, 0) is 0 Å². The number of hydrogen-bond donors (Lipinski definition) is 1. The van der Waals surface area contributed by atoms with E-state index in [2.05, 4.69) is 4.98 Å². The van der Waals surface area contributed by atoms with Crippen molar-refractivity contribution in [3.63, 3.8) is 0 Å². The Bertz CT molecular complexity index is 405. The molecule has 2 rings (SSSR count). The first-order chi connectivity index (χ1) is 5.25. The zero-order valence-corrected chi connectivity index (χ0v) is 6.34. The van der Waals surface area contributed by atoms with Crippen molar-refractivity contribution < 1.29 is 0 Å². The second kappa shape index (κ2) is 2.06. The van der Waals surface area contributed by atoms with Gasteiger partial charge in [-0.15, -0.1) is 0 Å². The highest BCUT2D eigenvalue weighted by Gasteiger charge is 2.06. The van der Waals surface area contributed by atoms with Crippen LogP contribution in [0, 0.1) is 0 Å². The van der Waals surface area contributed by atoms with Gasteiger partial charge >= 0.3 is 4.87 Å². The molecule has 2 heterocycles. The Morgan fingerprint density at radius 2 is 2.45 bits per heavy atom. The molecule has 2 N–H and O–H groups in total. The Balaban J connectivity index is 2.82. The van der Waals surface area contributed by atoms with E-state index in [1.165, 1.54) is 4.68 Å². The fourth-order valence-corrected chi connectivity index (χ4v) is 1.59. The van der Waals surface area contributed by atoms with E-state index in [1.807, 2.05) is 0 Å². The standard InChI is InChI=1S/C6H5N3OS/c7-9-2-1-4-5(3-9)11-6(10)8-4/h1-3H,7H2. The Hall–Kier alpha value is -1.36. The van der Waals surface area contributed by atoms with Crippen molar-refractivity contribution >= 4 is 11.3 Å². The predicted octanol–water partition coefficient (Wildman–Crippen LogP) is 0.123. The van der Waals surface area contributed by atoms with Crippen LogP contribution in [-0.4, -0.2) is 9.66 Å². The number of rotatable bonds is 0. The van der Waals surface area contributed by atoms with Crippen LogP contribution in [0.3, 0.4) is 0 Å². The first kappa shape index (κ1) is 6.36. The molecule has 0 aromatic heterocycles.